The SMILES string of the molecule is Cc1ccc(N(CC2CC2)c2ncccn2)cc1. The fraction of sp³-hybridized carbons (Fsp3) is 0.333. The van der Waals surface area contributed by atoms with E-state index in [1.54, 1.807) is 12.4 Å². The van der Waals surface area contributed by atoms with Crippen molar-refractivity contribution in [1.29, 1.82) is 0 Å². The molecule has 1 aromatic carbocycles. The van der Waals surface area contributed by atoms with Crippen molar-refractivity contribution in [2.75, 3.05) is 11.4 Å². The van der Waals surface area contributed by atoms with E-state index in [1.165, 1.54) is 24.1 Å². The maximum absolute atomic E-state index is 4.37. The second kappa shape index (κ2) is 4.77. The van der Waals surface area contributed by atoms with Crippen LogP contribution in [0.4, 0.5) is 11.6 Å². The zero-order valence-electron chi connectivity index (χ0n) is 10.6. The number of aryl methyl sites for hydroxylation is 1. The van der Waals surface area contributed by atoms with Crippen LogP contribution in [0, 0.1) is 12.8 Å². The summed E-state index contributed by atoms with van der Waals surface area (Å²) in [6, 6.07) is 10.4. The molecule has 1 aliphatic rings. The minimum Gasteiger partial charge on any atom is -0.310 e. The van der Waals surface area contributed by atoms with E-state index in [0.717, 1.165) is 18.4 Å². The summed E-state index contributed by atoms with van der Waals surface area (Å²) in [4.78, 5) is 11.0. The number of hydrogen-bond donors (Lipinski definition) is 0. The predicted molar refractivity (Wildman–Crippen MR) is 72.9 cm³/mol. The Hall–Kier alpha value is -1.90. The Balaban J connectivity index is 1.91. The van der Waals surface area contributed by atoms with Gasteiger partial charge in [-0.15, -0.1) is 0 Å². The molecule has 0 unspecified atom stereocenters. The summed E-state index contributed by atoms with van der Waals surface area (Å²) < 4.78 is 0. The third kappa shape index (κ3) is 2.50. The van der Waals surface area contributed by atoms with Crippen molar-refractivity contribution in [2.24, 2.45) is 5.92 Å². The summed E-state index contributed by atoms with van der Waals surface area (Å²) in [6.45, 7) is 3.13. The first-order chi connectivity index (χ1) is 8.83. The number of hydrogen-bond acceptors (Lipinski definition) is 3. The molecule has 3 heteroatoms. The van der Waals surface area contributed by atoms with Crippen LogP contribution in [0.2, 0.25) is 0 Å². The number of benzene rings is 1. The molecule has 1 fully saturated rings. The lowest BCUT2D eigenvalue weighted by Gasteiger charge is -2.22. The molecule has 0 spiro atoms. The molecule has 1 aromatic heterocycles. The lowest BCUT2D eigenvalue weighted by atomic mass is 10.2. The van der Waals surface area contributed by atoms with Gasteiger partial charge in [-0.1, -0.05) is 17.7 Å². The summed E-state index contributed by atoms with van der Waals surface area (Å²) in [5.74, 6) is 1.60. The Morgan fingerprint density at radius 1 is 1.11 bits per heavy atom. The molecule has 0 N–H and O–H groups in total. The van der Waals surface area contributed by atoms with Crippen molar-refractivity contribution in [3.63, 3.8) is 0 Å². The van der Waals surface area contributed by atoms with E-state index >= 15 is 0 Å². The molecule has 0 bridgehead atoms. The highest BCUT2D eigenvalue weighted by Gasteiger charge is 2.26. The van der Waals surface area contributed by atoms with Crippen molar-refractivity contribution in [1.82, 2.24) is 9.97 Å². The molecule has 1 aliphatic carbocycles. The van der Waals surface area contributed by atoms with Crippen molar-refractivity contribution < 1.29 is 0 Å². The number of anilines is 2. The zero-order valence-corrected chi connectivity index (χ0v) is 10.6. The Morgan fingerprint density at radius 3 is 2.39 bits per heavy atom. The maximum Gasteiger partial charge on any atom is 0.229 e. The van der Waals surface area contributed by atoms with Crippen molar-refractivity contribution in [3.8, 4) is 0 Å². The molecule has 0 saturated heterocycles. The third-order valence-electron chi connectivity index (χ3n) is 3.28. The average Bonchev–Trinajstić information content (AvgIpc) is 3.22. The van der Waals surface area contributed by atoms with E-state index in [0.29, 0.717) is 0 Å². The van der Waals surface area contributed by atoms with Crippen LogP contribution in [0.15, 0.2) is 42.7 Å². The van der Waals surface area contributed by atoms with E-state index in [4.69, 9.17) is 0 Å². The van der Waals surface area contributed by atoms with Crippen LogP contribution < -0.4 is 4.90 Å². The van der Waals surface area contributed by atoms with Gasteiger partial charge >= 0.3 is 0 Å². The van der Waals surface area contributed by atoms with Gasteiger partial charge in [0, 0.05) is 24.6 Å². The molecule has 1 heterocycles. The maximum atomic E-state index is 4.37. The lowest BCUT2D eigenvalue weighted by molar-refractivity contribution is 0.792. The minimum absolute atomic E-state index is 0.799. The van der Waals surface area contributed by atoms with E-state index in [1.807, 2.05) is 6.07 Å². The van der Waals surface area contributed by atoms with Crippen LogP contribution in [-0.2, 0) is 0 Å². The van der Waals surface area contributed by atoms with Crippen LogP contribution in [0.25, 0.3) is 0 Å². The summed E-state index contributed by atoms with van der Waals surface area (Å²) in [5, 5.41) is 0. The van der Waals surface area contributed by atoms with Gasteiger partial charge < -0.3 is 4.90 Å². The van der Waals surface area contributed by atoms with Gasteiger partial charge in [-0.2, -0.15) is 0 Å². The average molecular weight is 239 g/mol. The van der Waals surface area contributed by atoms with E-state index in [9.17, 15) is 0 Å². The molecule has 2 aromatic rings. The molecule has 92 valence electrons. The van der Waals surface area contributed by atoms with E-state index < -0.39 is 0 Å². The molecule has 18 heavy (non-hydrogen) atoms. The number of rotatable bonds is 4. The largest absolute Gasteiger partial charge is 0.310 e. The van der Waals surface area contributed by atoms with Crippen LogP contribution >= 0.6 is 0 Å². The van der Waals surface area contributed by atoms with Gasteiger partial charge in [-0.05, 0) is 43.9 Å². The second-order valence-corrected chi connectivity index (χ2v) is 4.94. The fourth-order valence-corrected chi connectivity index (χ4v) is 2.02. The highest BCUT2D eigenvalue weighted by molar-refractivity contribution is 5.57. The summed E-state index contributed by atoms with van der Waals surface area (Å²) in [7, 11) is 0. The molecule has 3 nitrogen and oxygen atoms in total. The first-order valence-corrected chi connectivity index (χ1v) is 6.44. The predicted octanol–water partition coefficient (Wildman–Crippen LogP) is 3.33. The molecular weight excluding hydrogens is 222 g/mol. The van der Waals surface area contributed by atoms with Crippen LogP contribution in [-0.4, -0.2) is 16.5 Å². The van der Waals surface area contributed by atoms with Gasteiger partial charge in [0.1, 0.15) is 0 Å². The van der Waals surface area contributed by atoms with Crippen LogP contribution in [0.5, 0.6) is 0 Å². The monoisotopic (exact) mass is 239 g/mol. The smallest absolute Gasteiger partial charge is 0.229 e. The van der Waals surface area contributed by atoms with Gasteiger partial charge in [-0.3, -0.25) is 0 Å². The summed E-state index contributed by atoms with van der Waals surface area (Å²) in [6.07, 6.45) is 6.26. The topological polar surface area (TPSA) is 29.0 Å². The minimum atomic E-state index is 0.799. The lowest BCUT2D eigenvalue weighted by Crippen LogP contribution is -2.21. The van der Waals surface area contributed by atoms with Gasteiger partial charge in [0.2, 0.25) is 5.95 Å². The highest BCUT2D eigenvalue weighted by Crippen LogP contribution is 2.33. The van der Waals surface area contributed by atoms with Gasteiger partial charge in [-0.25, -0.2) is 9.97 Å². The molecule has 1 saturated carbocycles. The van der Waals surface area contributed by atoms with Crippen LogP contribution in [0.1, 0.15) is 18.4 Å². The molecular formula is C15H17N3. The van der Waals surface area contributed by atoms with Gasteiger partial charge in [0.05, 0.1) is 0 Å². The summed E-state index contributed by atoms with van der Waals surface area (Å²) >= 11 is 0. The first-order valence-electron chi connectivity index (χ1n) is 6.44. The molecule has 0 amide bonds. The summed E-state index contributed by atoms with van der Waals surface area (Å²) in [5.41, 5.74) is 2.46. The van der Waals surface area contributed by atoms with Crippen molar-refractivity contribution >= 4 is 11.6 Å². The second-order valence-electron chi connectivity index (χ2n) is 4.94. The molecule has 0 radical (unpaired) electrons. The molecule has 0 aliphatic heterocycles. The zero-order chi connectivity index (χ0) is 12.4. The Morgan fingerprint density at radius 2 is 1.78 bits per heavy atom. The third-order valence-corrected chi connectivity index (χ3v) is 3.28. The molecule has 0 atom stereocenters. The van der Waals surface area contributed by atoms with Gasteiger partial charge in [0.15, 0.2) is 0 Å². The van der Waals surface area contributed by atoms with Crippen molar-refractivity contribution in [2.45, 2.75) is 19.8 Å². The normalized spacial score (nSPS) is 14.5. The van der Waals surface area contributed by atoms with E-state index in [2.05, 4.69) is 46.1 Å². The Bertz CT molecular complexity index is 503. The number of aromatic nitrogens is 2. The molecule has 3 rings (SSSR count). The van der Waals surface area contributed by atoms with Crippen LogP contribution in [0.3, 0.4) is 0 Å². The Kier molecular flexibility index (Phi) is 2.97. The Labute approximate surface area is 108 Å². The van der Waals surface area contributed by atoms with E-state index in [-0.39, 0.29) is 0 Å². The highest BCUT2D eigenvalue weighted by atomic mass is 15.3. The quantitative estimate of drug-likeness (QED) is 0.819. The van der Waals surface area contributed by atoms with Gasteiger partial charge in [0.25, 0.3) is 0 Å². The standard InChI is InChI=1S/C15H17N3/c1-12-3-7-14(8-4-12)18(11-13-5-6-13)15-16-9-2-10-17-15/h2-4,7-10,13H,5-6,11H2,1H3. The first kappa shape index (κ1) is 11.2. The fourth-order valence-electron chi connectivity index (χ4n) is 2.02. The van der Waals surface area contributed by atoms with Crippen molar-refractivity contribution in [3.05, 3.63) is 48.3 Å². The number of nitrogens with zero attached hydrogens (tertiary/aromatic N) is 3.